The second kappa shape index (κ2) is 4.94. The number of furan rings is 1. The average Bonchev–Trinajstić information content (AvgIpc) is 2.89. The molecule has 1 N–H and O–H groups in total. The molecule has 4 nitrogen and oxygen atoms in total. The van der Waals surface area contributed by atoms with Crippen molar-refractivity contribution in [2.75, 3.05) is 7.11 Å². The second-order valence-electron chi connectivity index (χ2n) is 4.35. The molecule has 1 aromatic carbocycles. The van der Waals surface area contributed by atoms with E-state index in [0.717, 1.165) is 0 Å². The summed E-state index contributed by atoms with van der Waals surface area (Å²) in [6, 6.07) is 7.47. The van der Waals surface area contributed by atoms with Crippen LogP contribution in [0.1, 0.15) is 17.4 Å². The summed E-state index contributed by atoms with van der Waals surface area (Å²) < 4.78 is 23.9. The Morgan fingerprint density at radius 1 is 1.30 bits per heavy atom. The van der Waals surface area contributed by atoms with Crippen LogP contribution in [0.2, 0.25) is 0 Å². The predicted octanol–water partition coefficient (Wildman–Crippen LogP) is 3.06. The lowest BCUT2D eigenvalue weighted by molar-refractivity contribution is 0.187. The molecular weight excluding hydrogens is 261 g/mol. The molecule has 0 aliphatic carbocycles. The van der Waals surface area contributed by atoms with Gasteiger partial charge in [-0.3, -0.25) is 4.98 Å². The summed E-state index contributed by atoms with van der Waals surface area (Å²) in [5.41, 5.74) is 1.07. The SMILES string of the molecule is COc1cnccc1C(O)c1cc2cc(F)ccc2o1. The fourth-order valence-electron chi connectivity index (χ4n) is 2.11. The highest BCUT2D eigenvalue weighted by Gasteiger charge is 2.19. The van der Waals surface area contributed by atoms with Crippen molar-refractivity contribution in [1.29, 1.82) is 0 Å². The standard InChI is InChI=1S/C15H12FNO3/c1-19-14-8-17-5-4-11(14)15(18)13-7-9-6-10(16)2-3-12(9)20-13/h2-8,15,18H,1H3. The number of benzene rings is 1. The quantitative estimate of drug-likeness (QED) is 0.796. The molecule has 0 bridgehead atoms. The van der Waals surface area contributed by atoms with E-state index in [0.29, 0.717) is 28.0 Å². The summed E-state index contributed by atoms with van der Waals surface area (Å²) in [7, 11) is 1.50. The van der Waals surface area contributed by atoms with Crippen LogP contribution in [0.15, 0.2) is 47.1 Å². The summed E-state index contributed by atoms with van der Waals surface area (Å²) in [5.74, 6) is 0.447. The molecule has 3 aromatic rings. The molecule has 0 amide bonds. The summed E-state index contributed by atoms with van der Waals surface area (Å²) in [4.78, 5) is 3.93. The Bertz CT molecular complexity index is 754. The number of hydrogen-bond donors (Lipinski definition) is 1. The highest BCUT2D eigenvalue weighted by molar-refractivity contribution is 5.78. The van der Waals surface area contributed by atoms with Gasteiger partial charge in [-0.2, -0.15) is 0 Å². The smallest absolute Gasteiger partial charge is 0.143 e. The zero-order valence-electron chi connectivity index (χ0n) is 10.7. The molecule has 0 aliphatic heterocycles. The lowest BCUT2D eigenvalue weighted by atomic mass is 10.1. The molecule has 3 rings (SSSR count). The van der Waals surface area contributed by atoms with Gasteiger partial charge in [-0.05, 0) is 30.3 Å². The lowest BCUT2D eigenvalue weighted by Crippen LogP contribution is -2.01. The van der Waals surface area contributed by atoms with E-state index in [4.69, 9.17) is 9.15 Å². The molecule has 2 heterocycles. The zero-order chi connectivity index (χ0) is 14.1. The Morgan fingerprint density at radius 2 is 2.15 bits per heavy atom. The molecule has 0 spiro atoms. The van der Waals surface area contributed by atoms with Crippen LogP contribution in [0.25, 0.3) is 11.0 Å². The van der Waals surface area contributed by atoms with Crippen LogP contribution in [0.5, 0.6) is 5.75 Å². The zero-order valence-corrected chi connectivity index (χ0v) is 10.7. The first-order chi connectivity index (χ1) is 9.69. The molecule has 20 heavy (non-hydrogen) atoms. The lowest BCUT2D eigenvalue weighted by Gasteiger charge is -2.11. The largest absolute Gasteiger partial charge is 0.495 e. The Balaban J connectivity index is 2.05. The van der Waals surface area contributed by atoms with Crippen molar-refractivity contribution in [1.82, 2.24) is 4.98 Å². The molecule has 0 radical (unpaired) electrons. The van der Waals surface area contributed by atoms with Crippen molar-refractivity contribution in [3.63, 3.8) is 0 Å². The number of hydrogen-bond acceptors (Lipinski definition) is 4. The molecule has 1 atom stereocenters. The normalized spacial score (nSPS) is 12.6. The molecule has 0 saturated heterocycles. The molecule has 0 aliphatic rings. The second-order valence-corrected chi connectivity index (χ2v) is 4.35. The maximum atomic E-state index is 13.2. The minimum atomic E-state index is -0.997. The number of methoxy groups -OCH3 is 1. The number of fused-ring (bicyclic) bond motifs is 1. The van der Waals surface area contributed by atoms with Gasteiger partial charge in [0, 0.05) is 17.1 Å². The predicted molar refractivity (Wildman–Crippen MR) is 71.0 cm³/mol. The topological polar surface area (TPSA) is 55.5 Å². The van der Waals surface area contributed by atoms with Gasteiger partial charge in [0.25, 0.3) is 0 Å². The van der Waals surface area contributed by atoms with Crippen molar-refractivity contribution < 1.29 is 18.7 Å². The van der Waals surface area contributed by atoms with Crippen LogP contribution in [0.4, 0.5) is 4.39 Å². The van der Waals surface area contributed by atoms with E-state index in [9.17, 15) is 9.50 Å². The van der Waals surface area contributed by atoms with Gasteiger partial charge in [0.1, 0.15) is 29.0 Å². The van der Waals surface area contributed by atoms with Crippen molar-refractivity contribution in [3.8, 4) is 5.75 Å². The summed E-state index contributed by atoms with van der Waals surface area (Å²) in [6.07, 6.45) is 2.08. The first-order valence-electron chi connectivity index (χ1n) is 6.04. The summed E-state index contributed by atoms with van der Waals surface area (Å²) in [5, 5.41) is 11.0. The van der Waals surface area contributed by atoms with Crippen LogP contribution < -0.4 is 4.74 Å². The Kier molecular flexibility index (Phi) is 3.12. The highest BCUT2D eigenvalue weighted by atomic mass is 19.1. The third kappa shape index (κ3) is 2.12. The van der Waals surface area contributed by atoms with Gasteiger partial charge in [-0.1, -0.05) is 0 Å². The van der Waals surface area contributed by atoms with Crippen LogP contribution in [-0.2, 0) is 0 Å². The van der Waals surface area contributed by atoms with Gasteiger partial charge < -0.3 is 14.3 Å². The number of pyridine rings is 1. The maximum absolute atomic E-state index is 13.2. The monoisotopic (exact) mass is 273 g/mol. The van der Waals surface area contributed by atoms with E-state index in [-0.39, 0.29) is 5.82 Å². The molecule has 5 heteroatoms. The fraction of sp³-hybridized carbons (Fsp3) is 0.133. The van der Waals surface area contributed by atoms with E-state index in [1.165, 1.54) is 31.5 Å². The van der Waals surface area contributed by atoms with E-state index in [1.54, 1.807) is 18.3 Å². The number of nitrogens with zero attached hydrogens (tertiary/aromatic N) is 1. The van der Waals surface area contributed by atoms with Crippen LogP contribution in [0.3, 0.4) is 0 Å². The first-order valence-corrected chi connectivity index (χ1v) is 6.04. The number of halogens is 1. The molecular formula is C15H12FNO3. The minimum Gasteiger partial charge on any atom is -0.495 e. The molecule has 0 fully saturated rings. The summed E-state index contributed by atoms with van der Waals surface area (Å²) in [6.45, 7) is 0. The van der Waals surface area contributed by atoms with Gasteiger partial charge in [-0.25, -0.2) is 4.39 Å². The van der Waals surface area contributed by atoms with E-state index < -0.39 is 6.10 Å². The molecule has 0 saturated carbocycles. The highest BCUT2D eigenvalue weighted by Crippen LogP contribution is 2.32. The van der Waals surface area contributed by atoms with Crippen molar-refractivity contribution in [2.24, 2.45) is 0 Å². The van der Waals surface area contributed by atoms with Crippen molar-refractivity contribution in [3.05, 3.63) is 59.9 Å². The van der Waals surface area contributed by atoms with Crippen molar-refractivity contribution in [2.45, 2.75) is 6.10 Å². The molecule has 102 valence electrons. The van der Waals surface area contributed by atoms with E-state index in [1.807, 2.05) is 0 Å². The molecule has 1 unspecified atom stereocenters. The molecule has 2 aromatic heterocycles. The fourth-order valence-corrected chi connectivity index (χ4v) is 2.11. The van der Waals surface area contributed by atoms with Crippen LogP contribution in [-0.4, -0.2) is 17.2 Å². The van der Waals surface area contributed by atoms with Gasteiger partial charge in [-0.15, -0.1) is 0 Å². The third-order valence-corrected chi connectivity index (χ3v) is 3.10. The number of rotatable bonds is 3. The van der Waals surface area contributed by atoms with Gasteiger partial charge in [0.05, 0.1) is 13.3 Å². The minimum absolute atomic E-state index is 0.329. The first kappa shape index (κ1) is 12.6. The third-order valence-electron chi connectivity index (χ3n) is 3.10. The van der Waals surface area contributed by atoms with Crippen LogP contribution >= 0.6 is 0 Å². The maximum Gasteiger partial charge on any atom is 0.143 e. The summed E-state index contributed by atoms with van der Waals surface area (Å²) >= 11 is 0. The Hall–Kier alpha value is -2.40. The Labute approximate surface area is 114 Å². The van der Waals surface area contributed by atoms with Crippen LogP contribution in [0, 0.1) is 5.82 Å². The number of aromatic nitrogens is 1. The number of aliphatic hydroxyl groups is 1. The van der Waals surface area contributed by atoms with E-state index in [2.05, 4.69) is 4.98 Å². The van der Waals surface area contributed by atoms with Gasteiger partial charge in [0.15, 0.2) is 0 Å². The van der Waals surface area contributed by atoms with Gasteiger partial charge in [0.2, 0.25) is 0 Å². The number of aliphatic hydroxyl groups excluding tert-OH is 1. The van der Waals surface area contributed by atoms with E-state index >= 15 is 0 Å². The average molecular weight is 273 g/mol. The number of ether oxygens (including phenoxy) is 1. The van der Waals surface area contributed by atoms with Crippen molar-refractivity contribution >= 4 is 11.0 Å². The van der Waals surface area contributed by atoms with Gasteiger partial charge >= 0.3 is 0 Å². The Morgan fingerprint density at radius 3 is 2.95 bits per heavy atom.